The van der Waals surface area contributed by atoms with Crippen LogP contribution in [0, 0.1) is 11.8 Å². The molecule has 0 aromatic carbocycles. The second-order valence-corrected chi connectivity index (χ2v) is 7.26. The van der Waals surface area contributed by atoms with E-state index < -0.39 is 0 Å². The Labute approximate surface area is 145 Å². The van der Waals surface area contributed by atoms with Crippen molar-refractivity contribution in [2.45, 2.75) is 12.5 Å². The average Bonchev–Trinajstić information content (AvgIpc) is 3.33. The van der Waals surface area contributed by atoms with Crippen LogP contribution in [0.5, 0.6) is 5.75 Å². The van der Waals surface area contributed by atoms with Gasteiger partial charge in [-0.15, -0.1) is 11.3 Å². The summed E-state index contributed by atoms with van der Waals surface area (Å²) in [7, 11) is 0. The van der Waals surface area contributed by atoms with Crippen LogP contribution in [0.2, 0.25) is 0 Å². The van der Waals surface area contributed by atoms with E-state index >= 15 is 0 Å². The quantitative estimate of drug-likeness (QED) is 0.837. The summed E-state index contributed by atoms with van der Waals surface area (Å²) >= 11 is 1.50. The second-order valence-electron chi connectivity index (χ2n) is 6.31. The van der Waals surface area contributed by atoms with Crippen molar-refractivity contribution in [2.75, 3.05) is 26.3 Å². The Morgan fingerprint density at radius 2 is 2.33 bits per heavy atom. The molecule has 2 aromatic rings. The lowest BCUT2D eigenvalue weighted by molar-refractivity contribution is 0.0676. The van der Waals surface area contributed by atoms with Crippen molar-refractivity contribution in [2.24, 2.45) is 11.8 Å². The maximum absolute atomic E-state index is 12.5. The van der Waals surface area contributed by atoms with Gasteiger partial charge in [0.05, 0.1) is 30.4 Å². The minimum absolute atomic E-state index is 0.133. The van der Waals surface area contributed by atoms with Crippen LogP contribution >= 0.6 is 11.3 Å². The van der Waals surface area contributed by atoms with Gasteiger partial charge in [0.15, 0.2) is 0 Å². The van der Waals surface area contributed by atoms with E-state index in [9.17, 15) is 4.79 Å². The molecule has 4 rings (SSSR count). The van der Waals surface area contributed by atoms with Crippen LogP contribution in [-0.2, 0) is 4.74 Å². The SMILES string of the molecule is O=C(c1cccs1)N1C[C@H]2[C@@H](CCOc3cccnc3)CO[C@H]2C1. The molecule has 2 fully saturated rings. The molecular formula is C18H20N2O3S. The Kier molecular flexibility index (Phi) is 4.49. The Morgan fingerprint density at radius 3 is 3.12 bits per heavy atom. The summed E-state index contributed by atoms with van der Waals surface area (Å²) in [6, 6.07) is 7.60. The van der Waals surface area contributed by atoms with Gasteiger partial charge in [0.25, 0.3) is 5.91 Å². The number of fused-ring (bicyclic) bond motifs is 1. The Bertz CT molecular complexity index is 677. The highest BCUT2D eigenvalue weighted by atomic mass is 32.1. The van der Waals surface area contributed by atoms with Crippen LogP contribution in [0.4, 0.5) is 0 Å². The lowest BCUT2D eigenvalue weighted by Gasteiger charge is -2.19. The number of rotatable bonds is 5. The van der Waals surface area contributed by atoms with Crippen LogP contribution in [0.25, 0.3) is 0 Å². The van der Waals surface area contributed by atoms with Crippen LogP contribution in [0.15, 0.2) is 42.0 Å². The van der Waals surface area contributed by atoms with E-state index in [1.165, 1.54) is 11.3 Å². The van der Waals surface area contributed by atoms with Crippen molar-refractivity contribution >= 4 is 17.2 Å². The molecule has 24 heavy (non-hydrogen) atoms. The summed E-state index contributed by atoms with van der Waals surface area (Å²) in [6.45, 7) is 2.93. The standard InChI is InChI=1S/C18H20N2O3S/c21-18(17-4-2-8-24-17)20-10-15-13(12-23-16(15)11-20)5-7-22-14-3-1-6-19-9-14/h1-4,6,8-9,13,15-16H,5,7,10-12H2/t13-,15-,16-/m0/s1. The molecule has 2 aliphatic rings. The molecule has 0 aliphatic carbocycles. The summed E-state index contributed by atoms with van der Waals surface area (Å²) in [5.41, 5.74) is 0. The maximum Gasteiger partial charge on any atom is 0.264 e. The smallest absolute Gasteiger partial charge is 0.264 e. The van der Waals surface area contributed by atoms with Crippen molar-refractivity contribution in [1.29, 1.82) is 0 Å². The zero-order valence-corrected chi connectivity index (χ0v) is 14.2. The number of likely N-dealkylation sites (tertiary alicyclic amines) is 1. The fourth-order valence-corrected chi connectivity index (χ4v) is 4.27. The summed E-state index contributed by atoms with van der Waals surface area (Å²) in [4.78, 5) is 19.3. The van der Waals surface area contributed by atoms with Gasteiger partial charge in [-0.2, -0.15) is 0 Å². The van der Waals surface area contributed by atoms with E-state index in [2.05, 4.69) is 4.98 Å². The highest BCUT2D eigenvalue weighted by Gasteiger charge is 2.45. The molecule has 0 saturated carbocycles. The fraction of sp³-hybridized carbons (Fsp3) is 0.444. The van der Waals surface area contributed by atoms with E-state index in [4.69, 9.17) is 9.47 Å². The second kappa shape index (κ2) is 6.91. The van der Waals surface area contributed by atoms with Gasteiger partial charge in [-0.3, -0.25) is 9.78 Å². The fourth-order valence-electron chi connectivity index (χ4n) is 3.58. The van der Waals surface area contributed by atoms with Crippen molar-refractivity contribution in [3.63, 3.8) is 0 Å². The van der Waals surface area contributed by atoms with Crippen LogP contribution in [0.3, 0.4) is 0 Å². The number of thiophene rings is 1. The molecular weight excluding hydrogens is 324 g/mol. The van der Waals surface area contributed by atoms with Gasteiger partial charge in [0, 0.05) is 25.2 Å². The lowest BCUT2D eigenvalue weighted by atomic mass is 9.91. The normalized spacial score (nSPS) is 25.7. The van der Waals surface area contributed by atoms with Gasteiger partial charge in [0.2, 0.25) is 0 Å². The summed E-state index contributed by atoms with van der Waals surface area (Å²) < 4.78 is 11.7. The first kappa shape index (κ1) is 15.6. The molecule has 5 nitrogen and oxygen atoms in total. The first-order valence-corrected chi connectivity index (χ1v) is 9.16. The number of hydrogen-bond acceptors (Lipinski definition) is 5. The summed E-state index contributed by atoms with van der Waals surface area (Å²) in [5.74, 6) is 1.81. The monoisotopic (exact) mass is 344 g/mol. The van der Waals surface area contributed by atoms with Gasteiger partial charge in [0.1, 0.15) is 5.75 Å². The molecule has 2 saturated heterocycles. The number of nitrogens with zero attached hydrogens (tertiary/aromatic N) is 2. The molecule has 1 amide bonds. The minimum Gasteiger partial charge on any atom is -0.492 e. The van der Waals surface area contributed by atoms with Gasteiger partial charge < -0.3 is 14.4 Å². The van der Waals surface area contributed by atoms with Crippen LogP contribution < -0.4 is 4.74 Å². The number of pyridine rings is 1. The zero-order valence-electron chi connectivity index (χ0n) is 13.3. The Hall–Kier alpha value is -1.92. The number of aromatic nitrogens is 1. The third-order valence-corrected chi connectivity index (χ3v) is 5.71. The molecule has 0 bridgehead atoms. The predicted octanol–water partition coefficient (Wildman–Crippen LogP) is 2.70. The Balaban J connectivity index is 1.31. The molecule has 3 atom stereocenters. The highest BCUT2D eigenvalue weighted by Crippen LogP contribution is 2.36. The lowest BCUT2D eigenvalue weighted by Crippen LogP contribution is -2.30. The molecule has 0 radical (unpaired) electrons. The third kappa shape index (κ3) is 3.16. The first-order valence-electron chi connectivity index (χ1n) is 8.28. The van der Waals surface area contributed by atoms with Gasteiger partial charge >= 0.3 is 0 Å². The number of ether oxygens (including phenoxy) is 2. The van der Waals surface area contributed by atoms with E-state index in [-0.39, 0.29) is 12.0 Å². The number of carbonyl (C=O) groups excluding carboxylic acids is 1. The minimum atomic E-state index is 0.133. The third-order valence-electron chi connectivity index (χ3n) is 4.85. The Morgan fingerprint density at radius 1 is 1.38 bits per heavy atom. The van der Waals surface area contributed by atoms with E-state index in [0.29, 0.717) is 25.0 Å². The molecule has 4 heterocycles. The number of carbonyl (C=O) groups is 1. The maximum atomic E-state index is 12.5. The van der Waals surface area contributed by atoms with Crippen molar-refractivity contribution in [1.82, 2.24) is 9.88 Å². The molecule has 0 spiro atoms. The molecule has 0 unspecified atom stereocenters. The first-order chi connectivity index (χ1) is 11.8. The molecule has 0 N–H and O–H groups in total. The van der Waals surface area contributed by atoms with Crippen LogP contribution in [-0.4, -0.2) is 48.2 Å². The van der Waals surface area contributed by atoms with Crippen LogP contribution in [0.1, 0.15) is 16.1 Å². The number of hydrogen-bond donors (Lipinski definition) is 0. The molecule has 2 aliphatic heterocycles. The van der Waals surface area contributed by atoms with E-state index in [0.717, 1.165) is 30.2 Å². The highest BCUT2D eigenvalue weighted by molar-refractivity contribution is 7.12. The van der Waals surface area contributed by atoms with Gasteiger partial charge in [-0.25, -0.2) is 0 Å². The van der Waals surface area contributed by atoms with Crippen molar-refractivity contribution < 1.29 is 14.3 Å². The molecule has 126 valence electrons. The number of amides is 1. The average molecular weight is 344 g/mol. The van der Waals surface area contributed by atoms with Gasteiger partial charge in [-0.1, -0.05) is 6.07 Å². The van der Waals surface area contributed by atoms with Gasteiger partial charge in [-0.05, 0) is 35.9 Å². The van der Waals surface area contributed by atoms with E-state index in [1.807, 2.05) is 34.5 Å². The molecule has 6 heteroatoms. The summed E-state index contributed by atoms with van der Waals surface area (Å²) in [6.07, 6.45) is 4.58. The zero-order chi connectivity index (χ0) is 16.4. The van der Waals surface area contributed by atoms with Crippen molar-refractivity contribution in [3.05, 3.63) is 46.9 Å². The molecule has 2 aromatic heterocycles. The van der Waals surface area contributed by atoms with E-state index in [1.54, 1.807) is 12.4 Å². The summed E-state index contributed by atoms with van der Waals surface area (Å²) in [5, 5.41) is 1.94. The largest absolute Gasteiger partial charge is 0.492 e. The predicted molar refractivity (Wildman–Crippen MR) is 91.3 cm³/mol. The topological polar surface area (TPSA) is 51.7 Å². The van der Waals surface area contributed by atoms with Crippen molar-refractivity contribution in [3.8, 4) is 5.75 Å².